The molecule has 0 aliphatic heterocycles. The van der Waals surface area contributed by atoms with E-state index in [0.29, 0.717) is 11.3 Å². The average molecular weight is 293 g/mol. The van der Waals surface area contributed by atoms with Gasteiger partial charge in [0.2, 0.25) is 0 Å². The van der Waals surface area contributed by atoms with Gasteiger partial charge in [-0.15, -0.1) is 0 Å². The smallest absolute Gasteiger partial charge is 0.349 e. The third kappa shape index (κ3) is 2.63. The fraction of sp³-hybridized carbons (Fsp3) is 0.111. The molecule has 3 aromatic rings. The van der Waals surface area contributed by atoms with Crippen LogP contribution in [0.4, 0.5) is 5.69 Å². The molecule has 0 radical (unpaired) electrons. The molecular formula is C18H15NO3. The summed E-state index contributed by atoms with van der Waals surface area (Å²) >= 11 is 0. The number of carbonyl (C=O) groups excluding carboxylic acids is 1. The lowest BCUT2D eigenvalue weighted by Gasteiger charge is -2.09. The van der Waals surface area contributed by atoms with Gasteiger partial charge in [0.1, 0.15) is 11.1 Å². The summed E-state index contributed by atoms with van der Waals surface area (Å²) in [5.41, 5.74) is 1.57. The predicted molar refractivity (Wildman–Crippen MR) is 86.3 cm³/mol. The van der Waals surface area contributed by atoms with E-state index in [0.717, 1.165) is 17.4 Å². The number of anilines is 1. The van der Waals surface area contributed by atoms with Crippen molar-refractivity contribution in [3.05, 3.63) is 76.1 Å². The van der Waals surface area contributed by atoms with Gasteiger partial charge in [-0.05, 0) is 30.2 Å². The molecule has 3 rings (SSSR count). The van der Waals surface area contributed by atoms with E-state index < -0.39 is 11.5 Å². The molecule has 1 amide bonds. The van der Waals surface area contributed by atoms with Crippen LogP contribution in [0.5, 0.6) is 0 Å². The maximum Gasteiger partial charge on any atom is 0.349 e. The van der Waals surface area contributed by atoms with Crippen LogP contribution in [0.25, 0.3) is 11.0 Å². The Balaban J connectivity index is 1.98. The molecule has 0 aliphatic carbocycles. The largest absolute Gasteiger partial charge is 0.422 e. The number of fused-ring (bicyclic) bond motifs is 1. The van der Waals surface area contributed by atoms with Crippen LogP contribution >= 0.6 is 0 Å². The first-order valence-electron chi connectivity index (χ1n) is 7.11. The van der Waals surface area contributed by atoms with Gasteiger partial charge in [0, 0.05) is 11.1 Å². The summed E-state index contributed by atoms with van der Waals surface area (Å²) in [4.78, 5) is 24.4. The third-order valence-corrected chi connectivity index (χ3v) is 3.53. The zero-order valence-corrected chi connectivity index (χ0v) is 12.1. The molecule has 0 aliphatic rings. The Labute approximate surface area is 127 Å². The molecule has 0 spiro atoms. The topological polar surface area (TPSA) is 59.3 Å². The number of rotatable bonds is 3. The molecule has 0 bridgehead atoms. The Hall–Kier alpha value is -2.88. The van der Waals surface area contributed by atoms with Gasteiger partial charge in [0.15, 0.2) is 0 Å². The predicted octanol–water partition coefficient (Wildman–Crippen LogP) is 3.61. The molecule has 0 saturated carbocycles. The second kappa shape index (κ2) is 5.85. The van der Waals surface area contributed by atoms with Gasteiger partial charge in [-0.25, -0.2) is 4.79 Å². The van der Waals surface area contributed by atoms with Gasteiger partial charge in [-0.3, -0.25) is 4.79 Å². The van der Waals surface area contributed by atoms with Crippen LogP contribution in [0.3, 0.4) is 0 Å². The van der Waals surface area contributed by atoms with Gasteiger partial charge in [0.05, 0.1) is 0 Å². The number of hydrogen-bond donors (Lipinski definition) is 1. The van der Waals surface area contributed by atoms with Crippen LogP contribution < -0.4 is 10.9 Å². The maximum absolute atomic E-state index is 12.4. The zero-order valence-electron chi connectivity index (χ0n) is 12.1. The molecule has 1 N–H and O–H groups in total. The van der Waals surface area contributed by atoms with Gasteiger partial charge >= 0.3 is 5.63 Å². The number of hydrogen-bond acceptors (Lipinski definition) is 3. The second-order valence-corrected chi connectivity index (χ2v) is 4.95. The van der Waals surface area contributed by atoms with Crippen LogP contribution in [0.2, 0.25) is 0 Å². The molecule has 4 heteroatoms. The van der Waals surface area contributed by atoms with Crippen molar-refractivity contribution in [1.82, 2.24) is 0 Å². The summed E-state index contributed by atoms with van der Waals surface area (Å²) in [6.45, 7) is 2.01. The minimum absolute atomic E-state index is 0.00426. The normalized spacial score (nSPS) is 10.6. The summed E-state index contributed by atoms with van der Waals surface area (Å²) in [6, 6.07) is 16.2. The molecule has 0 atom stereocenters. The van der Waals surface area contributed by atoms with Crippen LogP contribution in [0, 0.1) is 0 Å². The Morgan fingerprint density at radius 1 is 1.09 bits per heavy atom. The van der Waals surface area contributed by atoms with E-state index in [4.69, 9.17) is 4.42 Å². The highest BCUT2D eigenvalue weighted by Gasteiger charge is 2.14. The fourth-order valence-electron chi connectivity index (χ4n) is 2.36. The molecule has 110 valence electrons. The van der Waals surface area contributed by atoms with Crippen LogP contribution in [0.15, 0.2) is 63.8 Å². The highest BCUT2D eigenvalue weighted by Crippen LogP contribution is 2.17. The van der Waals surface area contributed by atoms with E-state index in [1.54, 1.807) is 24.3 Å². The van der Waals surface area contributed by atoms with Crippen LogP contribution in [-0.4, -0.2) is 5.91 Å². The van der Waals surface area contributed by atoms with E-state index >= 15 is 0 Å². The summed E-state index contributed by atoms with van der Waals surface area (Å²) in [5.74, 6) is -0.458. The summed E-state index contributed by atoms with van der Waals surface area (Å²) < 4.78 is 5.19. The standard InChI is InChI=1S/C18H15NO3/c1-2-12-7-3-5-9-15(12)19-17(20)14-11-13-8-4-6-10-16(13)22-18(14)21/h3-11H,2H2,1H3,(H,19,20). The highest BCUT2D eigenvalue weighted by atomic mass is 16.4. The number of amides is 1. The van der Waals surface area contributed by atoms with Gasteiger partial charge in [-0.2, -0.15) is 0 Å². The van der Waals surface area contributed by atoms with E-state index in [2.05, 4.69) is 5.32 Å². The molecule has 1 aromatic heterocycles. The molecule has 22 heavy (non-hydrogen) atoms. The summed E-state index contributed by atoms with van der Waals surface area (Å²) in [7, 11) is 0. The molecule has 4 nitrogen and oxygen atoms in total. The van der Waals surface area contributed by atoms with Crippen LogP contribution in [0.1, 0.15) is 22.8 Å². The van der Waals surface area contributed by atoms with Crippen molar-refractivity contribution in [2.75, 3.05) is 5.32 Å². The van der Waals surface area contributed by atoms with Crippen molar-refractivity contribution in [3.63, 3.8) is 0 Å². The molecule has 0 saturated heterocycles. The van der Waals surface area contributed by atoms with Crippen molar-refractivity contribution >= 4 is 22.6 Å². The Kier molecular flexibility index (Phi) is 3.74. The second-order valence-electron chi connectivity index (χ2n) is 4.95. The molecule has 0 unspecified atom stereocenters. The zero-order chi connectivity index (χ0) is 15.5. The number of carbonyl (C=O) groups is 1. The van der Waals surface area contributed by atoms with Crippen molar-refractivity contribution < 1.29 is 9.21 Å². The Morgan fingerprint density at radius 3 is 2.64 bits per heavy atom. The number of aryl methyl sites for hydroxylation is 1. The highest BCUT2D eigenvalue weighted by molar-refractivity contribution is 6.05. The Morgan fingerprint density at radius 2 is 1.82 bits per heavy atom. The number of nitrogens with one attached hydrogen (secondary N) is 1. The van der Waals surface area contributed by atoms with Crippen LogP contribution in [-0.2, 0) is 6.42 Å². The average Bonchev–Trinajstić information content (AvgIpc) is 2.54. The fourth-order valence-corrected chi connectivity index (χ4v) is 2.36. The quantitative estimate of drug-likeness (QED) is 0.750. The SMILES string of the molecule is CCc1ccccc1NC(=O)c1cc2ccccc2oc1=O. The first kappa shape index (κ1) is 14.1. The summed E-state index contributed by atoms with van der Waals surface area (Å²) in [6.07, 6.45) is 0.794. The lowest BCUT2D eigenvalue weighted by molar-refractivity contribution is 0.102. The lowest BCUT2D eigenvalue weighted by atomic mass is 10.1. The van der Waals surface area contributed by atoms with E-state index in [9.17, 15) is 9.59 Å². The van der Waals surface area contributed by atoms with Crippen molar-refractivity contribution in [1.29, 1.82) is 0 Å². The summed E-state index contributed by atoms with van der Waals surface area (Å²) in [5, 5.41) is 3.50. The number of para-hydroxylation sites is 2. The molecule has 1 heterocycles. The third-order valence-electron chi connectivity index (χ3n) is 3.53. The van der Waals surface area contributed by atoms with Crippen molar-refractivity contribution in [2.24, 2.45) is 0 Å². The lowest BCUT2D eigenvalue weighted by Crippen LogP contribution is -2.21. The molecule has 0 fully saturated rings. The number of benzene rings is 2. The van der Waals surface area contributed by atoms with Gasteiger partial charge < -0.3 is 9.73 Å². The van der Waals surface area contributed by atoms with Crippen molar-refractivity contribution in [3.8, 4) is 0 Å². The molecule has 2 aromatic carbocycles. The molecular weight excluding hydrogens is 278 g/mol. The van der Waals surface area contributed by atoms with Gasteiger partial charge in [-0.1, -0.05) is 43.3 Å². The first-order chi connectivity index (χ1) is 10.7. The van der Waals surface area contributed by atoms with E-state index in [1.807, 2.05) is 37.3 Å². The minimum atomic E-state index is -0.634. The maximum atomic E-state index is 12.4. The van der Waals surface area contributed by atoms with Gasteiger partial charge in [0.25, 0.3) is 5.91 Å². The minimum Gasteiger partial charge on any atom is -0.422 e. The Bertz CT molecular complexity index is 896. The van der Waals surface area contributed by atoms with Crippen molar-refractivity contribution in [2.45, 2.75) is 13.3 Å². The monoisotopic (exact) mass is 293 g/mol. The first-order valence-corrected chi connectivity index (χ1v) is 7.11. The van der Waals surface area contributed by atoms with E-state index in [1.165, 1.54) is 0 Å². The van der Waals surface area contributed by atoms with E-state index in [-0.39, 0.29) is 5.56 Å².